The van der Waals surface area contributed by atoms with Crippen molar-refractivity contribution >= 4 is 23.7 Å². The lowest BCUT2D eigenvalue weighted by Crippen LogP contribution is -2.22. The normalized spacial score (nSPS) is 25.9. The number of hydrazone groups is 1. The van der Waals surface area contributed by atoms with E-state index in [1.54, 1.807) is 6.21 Å². The predicted octanol–water partition coefficient (Wildman–Crippen LogP) is 5.20. The van der Waals surface area contributed by atoms with Gasteiger partial charge in [-0.25, -0.2) is 5.43 Å². The Balaban J connectivity index is 1.37. The van der Waals surface area contributed by atoms with E-state index in [1.165, 1.54) is 12.8 Å². The molecule has 1 N–H and O–H groups in total. The molecule has 2 aliphatic carbocycles. The second-order valence-electron chi connectivity index (χ2n) is 7.99. The standard InChI is InChI=1S/C23H25ClN2O2/c1-23-13-7-6-10-18(23)21(23)22(27)26-25-14-16-8-3-5-12-20(16)28-15-17-9-2-4-11-19(17)24/h2-5,8-9,11-12,14,18,21H,6-7,10,13,15H2,1H3,(H,26,27)/b25-14-/t18-,21+,23+/m1/s1. The first kappa shape index (κ1) is 19.0. The summed E-state index contributed by atoms with van der Waals surface area (Å²) in [6.07, 6.45) is 6.43. The molecule has 3 atom stereocenters. The lowest BCUT2D eigenvalue weighted by molar-refractivity contribution is -0.123. The fraction of sp³-hybridized carbons (Fsp3) is 0.391. The van der Waals surface area contributed by atoms with Gasteiger partial charge in [-0.1, -0.05) is 61.7 Å². The molecule has 0 unspecified atom stereocenters. The number of nitrogens with zero attached hydrogens (tertiary/aromatic N) is 1. The number of amides is 1. The summed E-state index contributed by atoms with van der Waals surface area (Å²) in [5.74, 6) is 1.38. The van der Waals surface area contributed by atoms with Crippen molar-refractivity contribution in [1.82, 2.24) is 5.43 Å². The lowest BCUT2D eigenvalue weighted by Gasteiger charge is -2.15. The van der Waals surface area contributed by atoms with E-state index in [0.29, 0.717) is 23.3 Å². The van der Waals surface area contributed by atoms with Crippen molar-refractivity contribution in [2.45, 2.75) is 39.2 Å². The number of fused-ring (bicyclic) bond motifs is 1. The summed E-state index contributed by atoms with van der Waals surface area (Å²) in [6, 6.07) is 15.2. The van der Waals surface area contributed by atoms with Gasteiger partial charge in [0, 0.05) is 22.1 Å². The van der Waals surface area contributed by atoms with E-state index in [4.69, 9.17) is 16.3 Å². The Morgan fingerprint density at radius 2 is 2.04 bits per heavy atom. The maximum absolute atomic E-state index is 12.5. The molecule has 146 valence electrons. The van der Waals surface area contributed by atoms with Gasteiger partial charge in [0.1, 0.15) is 12.4 Å². The van der Waals surface area contributed by atoms with Crippen molar-refractivity contribution in [3.63, 3.8) is 0 Å². The molecular weight excluding hydrogens is 372 g/mol. The summed E-state index contributed by atoms with van der Waals surface area (Å²) in [5.41, 5.74) is 4.67. The molecular formula is C23H25ClN2O2. The average Bonchev–Trinajstić information content (AvgIpc) is 3.34. The first-order chi connectivity index (χ1) is 13.6. The van der Waals surface area contributed by atoms with Crippen LogP contribution in [0.5, 0.6) is 5.75 Å². The molecule has 1 amide bonds. The van der Waals surface area contributed by atoms with E-state index in [2.05, 4.69) is 17.5 Å². The van der Waals surface area contributed by atoms with Gasteiger partial charge in [-0.15, -0.1) is 0 Å². The fourth-order valence-corrected chi connectivity index (χ4v) is 4.77. The second-order valence-corrected chi connectivity index (χ2v) is 8.40. The second kappa shape index (κ2) is 7.96. The molecule has 0 heterocycles. The maximum Gasteiger partial charge on any atom is 0.244 e. The van der Waals surface area contributed by atoms with Crippen LogP contribution in [0.1, 0.15) is 43.7 Å². The van der Waals surface area contributed by atoms with Gasteiger partial charge in [0.25, 0.3) is 0 Å². The molecule has 0 radical (unpaired) electrons. The van der Waals surface area contributed by atoms with Gasteiger partial charge < -0.3 is 4.74 Å². The molecule has 2 aromatic rings. The number of hydrogen-bond donors (Lipinski definition) is 1. The minimum atomic E-state index is 0.0418. The Bertz CT molecular complexity index is 898. The van der Waals surface area contributed by atoms with Crippen LogP contribution in [0.2, 0.25) is 5.02 Å². The molecule has 4 nitrogen and oxygen atoms in total. The Labute approximate surface area is 170 Å². The zero-order chi connectivity index (χ0) is 19.6. The molecule has 2 fully saturated rings. The third-order valence-electron chi connectivity index (χ3n) is 6.25. The first-order valence-electron chi connectivity index (χ1n) is 9.88. The number of nitrogens with one attached hydrogen (secondary N) is 1. The average molecular weight is 397 g/mol. The van der Waals surface area contributed by atoms with Crippen LogP contribution in [-0.2, 0) is 11.4 Å². The first-order valence-corrected chi connectivity index (χ1v) is 10.3. The number of hydrogen-bond acceptors (Lipinski definition) is 3. The molecule has 2 aliphatic rings. The lowest BCUT2D eigenvalue weighted by atomic mass is 9.90. The molecule has 2 aromatic carbocycles. The van der Waals surface area contributed by atoms with Crippen LogP contribution in [-0.4, -0.2) is 12.1 Å². The molecule has 5 heteroatoms. The molecule has 0 aromatic heterocycles. The fourth-order valence-electron chi connectivity index (χ4n) is 4.58. The van der Waals surface area contributed by atoms with E-state index in [1.807, 2.05) is 48.5 Å². The van der Waals surface area contributed by atoms with Gasteiger partial charge in [-0.3, -0.25) is 4.79 Å². The van der Waals surface area contributed by atoms with Crippen molar-refractivity contribution in [3.05, 3.63) is 64.7 Å². The van der Waals surface area contributed by atoms with Crippen LogP contribution in [0.15, 0.2) is 53.6 Å². The highest BCUT2D eigenvalue weighted by Gasteiger charge is 2.64. The summed E-state index contributed by atoms with van der Waals surface area (Å²) in [4.78, 5) is 12.5. The highest BCUT2D eigenvalue weighted by Crippen LogP contribution is 2.66. The monoisotopic (exact) mass is 396 g/mol. The summed E-state index contributed by atoms with van der Waals surface area (Å²) >= 11 is 6.19. The summed E-state index contributed by atoms with van der Waals surface area (Å²) in [6.45, 7) is 2.61. The van der Waals surface area contributed by atoms with Crippen LogP contribution in [0, 0.1) is 17.3 Å². The van der Waals surface area contributed by atoms with Gasteiger partial charge in [-0.2, -0.15) is 5.10 Å². The zero-order valence-electron chi connectivity index (χ0n) is 16.0. The number of para-hydroxylation sites is 1. The number of benzene rings is 2. The summed E-state index contributed by atoms with van der Waals surface area (Å²) in [7, 11) is 0. The summed E-state index contributed by atoms with van der Waals surface area (Å²) in [5, 5.41) is 4.88. The highest BCUT2D eigenvalue weighted by atomic mass is 35.5. The van der Waals surface area contributed by atoms with Crippen LogP contribution in [0.4, 0.5) is 0 Å². The van der Waals surface area contributed by atoms with Crippen molar-refractivity contribution < 1.29 is 9.53 Å². The molecule has 2 saturated carbocycles. The molecule has 0 spiro atoms. The Morgan fingerprint density at radius 3 is 2.82 bits per heavy atom. The van der Waals surface area contributed by atoms with Gasteiger partial charge in [-0.05, 0) is 42.4 Å². The highest BCUT2D eigenvalue weighted by molar-refractivity contribution is 6.31. The maximum atomic E-state index is 12.5. The molecule has 0 saturated heterocycles. The topological polar surface area (TPSA) is 50.7 Å². The van der Waals surface area contributed by atoms with E-state index >= 15 is 0 Å². The van der Waals surface area contributed by atoms with Crippen LogP contribution >= 0.6 is 11.6 Å². The van der Waals surface area contributed by atoms with Gasteiger partial charge in [0.2, 0.25) is 5.91 Å². The number of carbonyl (C=O) groups is 1. The van der Waals surface area contributed by atoms with Crippen molar-refractivity contribution in [2.75, 3.05) is 0 Å². The van der Waals surface area contributed by atoms with Crippen molar-refractivity contribution in [3.8, 4) is 5.75 Å². The van der Waals surface area contributed by atoms with Crippen LogP contribution in [0.25, 0.3) is 0 Å². The van der Waals surface area contributed by atoms with Crippen LogP contribution in [0.3, 0.4) is 0 Å². The molecule has 0 aliphatic heterocycles. The van der Waals surface area contributed by atoms with Crippen molar-refractivity contribution in [2.24, 2.45) is 22.4 Å². The van der Waals surface area contributed by atoms with Crippen LogP contribution < -0.4 is 10.2 Å². The molecule has 0 bridgehead atoms. The SMILES string of the molecule is C[C@]12CCCC[C@@H]1[C@H]2C(=O)N/N=C\c1ccccc1OCc1ccccc1Cl. The van der Waals surface area contributed by atoms with E-state index in [0.717, 1.165) is 24.0 Å². The Morgan fingerprint density at radius 1 is 1.25 bits per heavy atom. The minimum Gasteiger partial charge on any atom is -0.488 e. The van der Waals surface area contributed by atoms with Gasteiger partial charge >= 0.3 is 0 Å². The number of carbonyl (C=O) groups excluding carboxylic acids is 1. The molecule has 4 rings (SSSR count). The number of halogens is 1. The largest absolute Gasteiger partial charge is 0.488 e. The zero-order valence-corrected chi connectivity index (χ0v) is 16.8. The number of ether oxygens (including phenoxy) is 1. The summed E-state index contributed by atoms with van der Waals surface area (Å²) < 4.78 is 5.93. The third kappa shape index (κ3) is 3.79. The molecule has 28 heavy (non-hydrogen) atoms. The van der Waals surface area contributed by atoms with Gasteiger partial charge in [0.05, 0.1) is 6.21 Å². The van der Waals surface area contributed by atoms with E-state index in [-0.39, 0.29) is 17.2 Å². The third-order valence-corrected chi connectivity index (χ3v) is 6.62. The predicted molar refractivity (Wildman–Crippen MR) is 112 cm³/mol. The van der Waals surface area contributed by atoms with Crippen molar-refractivity contribution in [1.29, 1.82) is 0 Å². The quantitative estimate of drug-likeness (QED) is 0.539. The van der Waals surface area contributed by atoms with E-state index < -0.39 is 0 Å². The smallest absolute Gasteiger partial charge is 0.244 e. The number of rotatable bonds is 6. The van der Waals surface area contributed by atoms with Gasteiger partial charge in [0.15, 0.2) is 0 Å². The minimum absolute atomic E-state index is 0.0418. The Kier molecular flexibility index (Phi) is 5.40. The van der Waals surface area contributed by atoms with E-state index in [9.17, 15) is 4.79 Å². The Hall–Kier alpha value is -2.33.